The highest BCUT2D eigenvalue weighted by Crippen LogP contribution is 2.26. The fraction of sp³-hybridized carbons (Fsp3) is 0.333. The summed E-state index contributed by atoms with van der Waals surface area (Å²) in [5.41, 5.74) is 2.86. The Morgan fingerprint density at radius 3 is 3.15 bits per heavy atom. The second-order valence-electron chi connectivity index (χ2n) is 3.40. The highest BCUT2D eigenvalue weighted by Gasteiger charge is 2.18. The van der Waals surface area contributed by atoms with Crippen LogP contribution in [0.1, 0.15) is 23.6 Å². The second-order valence-corrected chi connectivity index (χ2v) is 3.40. The van der Waals surface area contributed by atoms with Gasteiger partial charge in [0.05, 0.1) is 6.04 Å². The lowest BCUT2D eigenvalue weighted by molar-refractivity contribution is 0.498. The molecule has 1 aliphatic rings. The van der Waals surface area contributed by atoms with Crippen molar-refractivity contribution < 1.29 is 0 Å². The summed E-state index contributed by atoms with van der Waals surface area (Å²) >= 11 is 0. The molecule has 1 atom stereocenters. The number of fused-ring (bicyclic) bond motifs is 1. The highest BCUT2D eigenvalue weighted by molar-refractivity contribution is 5.32. The van der Waals surface area contributed by atoms with E-state index in [4.69, 9.17) is 0 Å². The van der Waals surface area contributed by atoms with Crippen molar-refractivity contribution >= 4 is 0 Å². The van der Waals surface area contributed by atoms with Crippen LogP contribution in [0.15, 0.2) is 36.9 Å². The summed E-state index contributed by atoms with van der Waals surface area (Å²) in [6, 6.07) is 8.96. The average molecular weight is 172 g/mol. The van der Waals surface area contributed by atoms with Crippen LogP contribution in [0.4, 0.5) is 0 Å². The molecule has 1 aliphatic heterocycles. The van der Waals surface area contributed by atoms with E-state index >= 15 is 0 Å². The molecule has 1 heterocycles. The monoisotopic (exact) mass is 172 g/mol. The van der Waals surface area contributed by atoms with Crippen LogP contribution in [0, 0.1) is 0 Å². The molecule has 1 aromatic carbocycles. The van der Waals surface area contributed by atoms with E-state index in [0.29, 0.717) is 6.04 Å². The third-order valence-corrected chi connectivity index (χ3v) is 2.53. The van der Waals surface area contributed by atoms with E-state index in [-0.39, 0.29) is 0 Å². The van der Waals surface area contributed by atoms with Crippen molar-refractivity contribution in [2.24, 2.45) is 0 Å². The van der Waals surface area contributed by atoms with Crippen LogP contribution in [-0.4, -0.2) is 6.54 Å². The molecule has 13 heavy (non-hydrogen) atoms. The molecule has 0 amide bonds. The highest BCUT2D eigenvalue weighted by atomic mass is 14.9. The number of benzene rings is 1. The summed E-state index contributed by atoms with van der Waals surface area (Å²) in [6.45, 7) is 4.74. The molecular weight excluding hydrogens is 158 g/mol. The second kappa shape index (κ2) is 3.75. The van der Waals surface area contributed by atoms with Gasteiger partial charge in [-0.15, -0.1) is 6.58 Å². The molecule has 67 valence electrons. The molecule has 0 bridgehead atoms. The van der Waals surface area contributed by atoms with Crippen LogP contribution < -0.4 is 5.32 Å². The lowest BCUT2D eigenvalue weighted by Gasteiger charge is -2.24. The first-order valence-electron chi connectivity index (χ1n) is 4.77. The Bertz CT molecular complexity index is 304. The zero-order chi connectivity index (χ0) is 9.10. The van der Waals surface area contributed by atoms with Gasteiger partial charge in [0, 0.05) is 6.54 Å². The molecule has 1 nitrogen and oxygen atoms in total. The summed E-state index contributed by atoms with van der Waals surface area (Å²) in [5, 5.41) is 4.59. The normalized spacial score (nSPS) is 20.8. The van der Waals surface area contributed by atoms with Crippen molar-refractivity contribution in [3.05, 3.63) is 48.0 Å². The van der Waals surface area contributed by atoms with Crippen molar-refractivity contribution in [1.82, 2.24) is 5.32 Å². The molecule has 2 rings (SSSR count). The van der Waals surface area contributed by atoms with Crippen LogP contribution in [-0.2, 0) is 6.42 Å². The van der Waals surface area contributed by atoms with Crippen molar-refractivity contribution in [3.8, 4) is 0 Å². The maximum atomic E-state index is 4.59. The molecular formula is C12H14N. The number of rotatable bonds is 2. The molecule has 1 unspecified atom stereocenters. The first-order valence-corrected chi connectivity index (χ1v) is 4.77. The molecule has 0 aliphatic carbocycles. The van der Waals surface area contributed by atoms with Crippen LogP contribution in [0.5, 0.6) is 0 Å². The number of hydrogen-bond donors (Lipinski definition) is 0. The van der Waals surface area contributed by atoms with E-state index < -0.39 is 0 Å². The third kappa shape index (κ3) is 1.65. The average Bonchev–Trinajstić information content (AvgIpc) is 2.19. The molecule has 0 aromatic heterocycles. The quantitative estimate of drug-likeness (QED) is 0.608. The van der Waals surface area contributed by atoms with Gasteiger partial charge in [-0.3, -0.25) is 0 Å². The van der Waals surface area contributed by atoms with Gasteiger partial charge in [0.25, 0.3) is 0 Å². The minimum Gasteiger partial charge on any atom is -0.233 e. The lowest BCUT2D eigenvalue weighted by atomic mass is 9.93. The minimum absolute atomic E-state index is 0.363. The smallest absolute Gasteiger partial charge is 0.0532 e. The Morgan fingerprint density at radius 1 is 1.46 bits per heavy atom. The van der Waals surface area contributed by atoms with Gasteiger partial charge in [0.15, 0.2) is 0 Å². The van der Waals surface area contributed by atoms with Crippen LogP contribution in [0.2, 0.25) is 0 Å². The molecule has 1 aromatic rings. The van der Waals surface area contributed by atoms with Gasteiger partial charge in [-0.2, -0.15) is 0 Å². The van der Waals surface area contributed by atoms with Crippen molar-refractivity contribution in [3.63, 3.8) is 0 Å². The fourth-order valence-electron chi connectivity index (χ4n) is 1.89. The third-order valence-electron chi connectivity index (χ3n) is 2.53. The summed E-state index contributed by atoms with van der Waals surface area (Å²) in [6.07, 6.45) is 4.02. The Hall–Kier alpha value is -1.08. The molecule has 0 spiro atoms. The fourth-order valence-corrected chi connectivity index (χ4v) is 1.89. The topological polar surface area (TPSA) is 14.1 Å². The molecule has 1 radical (unpaired) electrons. The first-order chi connectivity index (χ1) is 6.42. The van der Waals surface area contributed by atoms with Crippen LogP contribution in [0.25, 0.3) is 0 Å². The lowest BCUT2D eigenvalue weighted by Crippen LogP contribution is -2.23. The summed E-state index contributed by atoms with van der Waals surface area (Å²) in [4.78, 5) is 0. The number of nitrogens with zero attached hydrogens (tertiary/aromatic N) is 1. The Labute approximate surface area is 79.5 Å². The van der Waals surface area contributed by atoms with Gasteiger partial charge in [0.2, 0.25) is 0 Å². The van der Waals surface area contributed by atoms with Crippen molar-refractivity contribution in [1.29, 1.82) is 0 Å². The van der Waals surface area contributed by atoms with Gasteiger partial charge in [-0.1, -0.05) is 30.3 Å². The first kappa shape index (κ1) is 8.52. The Balaban J connectivity index is 2.31. The minimum atomic E-state index is 0.363. The largest absolute Gasteiger partial charge is 0.233 e. The summed E-state index contributed by atoms with van der Waals surface area (Å²) in [7, 11) is 0. The molecule has 0 N–H and O–H groups in total. The Morgan fingerprint density at radius 2 is 2.31 bits per heavy atom. The maximum absolute atomic E-state index is 4.59. The Kier molecular flexibility index (Phi) is 2.46. The SMILES string of the molecule is C=CCC1[N]CCc2ccccc21. The van der Waals surface area contributed by atoms with Gasteiger partial charge in [-0.05, 0) is 24.0 Å². The van der Waals surface area contributed by atoms with E-state index in [0.717, 1.165) is 19.4 Å². The van der Waals surface area contributed by atoms with Crippen molar-refractivity contribution in [2.45, 2.75) is 18.9 Å². The standard InChI is InChI=1S/C12H14N/c1-2-5-12-11-7-4-3-6-10(11)8-9-13-12/h2-4,6-7,12H,1,5,8-9H2. The molecule has 0 fully saturated rings. The number of hydrogen-bond acceptors (Lipinski definition) is 0. The summed E-state index contributed by atoms with van der Waals surface area (Å²) < 4.78 is 0. The predicted molar refractivity (Wildman–Crippen MR) is 54.7 cm³/mol. The summed E-state index contributed by atoms with van der Waals surface area (Å²) in [5.74, 6) is 0. The van der Waals surface area contributed by atoms with E-state index in [9.17, 15) is 0 Å². The van der Waals surface area contributed by atoms with E-state index in [1.807, 2.05) is 6.08 Å². The van der Waals surface area contributed by atoms with Crippen molar-refractivity contribution in [2.75, 3.05) is 6.54 Å². The molecule has 0 saturated heterocycles. The van der Waals surface area contributed by atoms with Gasteiger partial charge < -0.3 is 0 Å². The van der Waals surface area contributed by atoms with Gasteiger partial charge in [0.1, 0.15) is 0 Å². The van der Waals surface area contributed by atoms with E-state index in [1.165, 1.54) is 11.1 Å². The molecule has 1 heteroatoms. The van der Waals surface area contributed by atoms with Crippen LogP contribution in [0.3, 0.4) is 0 Å². The van der Waals surface area contributed by atoms with Crippen LogP contribution >= 0.6 is 0 Å². The zero-order valence-electron chi connectivity index (χ0n) is 7.74. The van der Waals surface area contributed by atoms with Gasteiger partial charge in [-0.25, -0.2) is 5.32 Å². The van der Waals surface area contributed by atoms with Gasteiger partial charge >= 0.3 is 0 Å². The van der Waals surface area contributed by atoms with E-state index in [1.54, 1.807) is 0 Å². The maximum Gasteiger partial charge on any atom is 0.0532 e. The zero-order valence-corrected chi connectivity index (χ0v) is 7.74. The van der Waals surface area contributed by atoms with E-state index in [2.05, 4.69) is 36.2 Å². The predicted octanol–water partition coefficient (Wildman–Crippen LogP) is 2.46. The molecule has 0 saturated carbocycles.